The van der Waals surface area contributed by atoms with Gasteiger partial charge in [0, 0.05) is 0 Å². The second-order valence-corrected chi connectivity index (χ2v) is 3.49. The van der Waals surface area contributed by atoms with Gasteiger partial charge in [-0.25, -0.2) is 0 Å². The molecule has 1 aliphatic rings. The maximum absolute atomic E-state index is 2.84. The molecule has 0 aliphatic heterocycles. The highest BCUT2D eigenvalue weighted by Gasteiger charge is 2.18. The molecule has 0 N–H and O–H groups in total. The van der Waals surface area contributed by atoms with Gasteiger partial charge in [0.15, 0.2) is 0 Å². The molecule has 0 amide bonds. The SMILES string of the molecule is CC1CCC(CP)C1. The minimum atomic E-state index is 1.01. The van der Waals surface area contributed by atoms with E-state index in [0.29, 0.717) is 0 Å². The monoisotopic (exact) mass is 130 g/mol. The summed E-state index contributed by atoms with van der Waals surface area (Å²) in [5, 5.41) is 0. The highest BCUT2D eigenvalue weighted by Crippen LogP contribution is 2.31. The van der Waals surface area contributed by atoms with Gasteiger partial charge in [0.2, 0.25) is 0 Å². The van der Waals surface area contributed by atoms with E-state index in [0.717, 1.165) is 11.8 Å². The molecule has 48 valence electrons. The van der Waals surface area contributed by atoms with Crippen LogP contribution in [0, 0.1) is 11.8 Å². The summed E-state index contributed by atoms with van der Waals surface area (Å²) in [5.74, 6) is 2.05. The Labute approximate surface area is 54.3 Å². The molecule has 1 fully saturated rings. The molecule has 0 spiro atoms. The molecule has 0 heterocycles. The third-order valence-corrected chi connectivity index (χ3v) is 2.80. The topological polar surface area (TPSA) is 0 Å². The summed E-state index contributed by atoms with van der Waals surface area (Å²) in [5.41, 5.74) is 0. The Bertz CT molecular complexity index is 70.8. The van der Waals surface area contributed by atoms with Gasteiger partial charge in [0.05, 0.1) is 0 Å². The molecule has 0 aromatic rings. The van der Waals surface area contributed by atoms with Crippen LogP contribution in [0.15, 0.2) is 0 Å². The Hall–Kier alpha value is 0.430. The van der Waals surface area contributed by atoms with Crippen molar-refractivity contribution in [3.63, 3.8) is 0 Å². The third kappa shape index (κ3) is 1.45. The molecule has 0 aromatic heterocycles. The predicted octanol–water partition coefficient (Wildman–Crippen LogP) is 2.30. The Morgan fingerprint density at radius 2 is 2.25 bits per heavy atom. The number of hydrogen-bond acceptors (Lipinski definition) is 0. The Kier molecular flexibility index (Phi) is 2.31. The van der Waals surface area contributed by atoms with E-state index in [2.05, 4.69) is 16.2 Å². The zero-order chi connectivity index (χ0) is 5.98. The largest absolute Gasteiger partial charge is 0.137 e. The molecule has 3 atom stereocenters. The quantitative estimate of drug-likeness (QED) is 0.478. The zero-order valence-corrected chi connectivity index (χ0v) is 6.72. The van der Waals surface area contributed by atoms with Crippen molar-refractivity contribution in [2.24, 2.45) is 11.8 Å². The summed E-state index contributed by atoms with van der Waals surface area (Å²) in [4.78, 5) is 0. The second-order valence-electron chi connectivity index (χ2n) is 3.02. The molecule has 0 saturated heterocycles. The van der Waals surface area contributed by atoms with Crippen LogP contribution in [-0.4, -0.2) is 6.16 Å². The van der Waals surface area contributed by atoms with Crippen LogP contribution < -0.4 is 0 Å². The number of rotatable bonds is 1. The maximum atomic E-state index is 2.84. The van der Waals surface area contributed by atoms with Gasteiger partial charge in [-0.3, -0.25) is 0 Å². The lowest BCUT2D eigenvalue weighted by molar-refractivity contribution is 0.561. The minimum absolute atomic E-state index is 1.01. The van der Waals surface area contributed by atoms with Gasteiger partial charge >= 0.3 is 0 Å². The standard InChI is InChI=1S/C7H15P/c1-6-2-3-7(4-6)5-8/h6-7H,2-5,8H2,1H3. The molecular formula is C7H15P. The molecule has 0 bridgehead atoms. The van der Waals surface area contributed by atoms with Gasteiger partial charge in [-0.05, 0) is 30.8 Å². The third-order valence-electron chi connectivity index (χ3n) is 2.14. The van der Waals surface area contributed by atoms with E-state index in [9.17, 15) is 0 Å². The first-order valence-electron chi connectivity index (χ1n) is 3.53. The molecule has 8 heavy (non-hydrogen) atoms. The van der Waals surface area contributed by atoms with E-state index in [-0.39, 0.29) is 0 Å². The Morgan fingerprint density at radius 1 is 1.50 bits per heavy atom. The first-order chi connectivity index (χ1) is 3.83. The van der Waals surface area contributed by atoms with Crippen LogP contribution in [0.2, 0.25) is 0 Å². The van der Waals surface area contributed by atoms with Crippen molar-refractivity contribution >= 4 is 9.24 Å². The second kappa shape index (κ2) is 2.82. The molecule has 0 nitrogen and oxygen atoms in total. The van der Waals surface area contributed by atoms with Gasteiger partial charge in [0.1, 0.15) is 0 Å². The zero-order valence-electron chi connectivity index (χ0n) is 5.56. The average Bonchev–Trinajstić information content (AvgIpc) is 2.14. The van der Waals surface area contributed by atoms with Crippen LogP contribution in [0.3, 0.4) is 0 Å². The summed E-state index contributed by atoms with van der Waals surface area (Å²) in [6.45, 7) is 2.36. The van der Waals surface area contributed by atoms with Crippen LogP contribution in [0.5, 0.6) is 0 Å². The Balaban J connectivity index is 2.22. The van der Waals surface area contributed by atoms with Crippen LogP contribution in [0.4, 0.5) is 0 Å². The van der Waals surface area contributed by atoms with E-state index in [1.54, 1.807) is 0 Å². The lowest BCUT2D eigenvalue weighted by Gasteiger charge is -2.02. The molecule has 0 aromatic carbocycles. The van der Waals surface area contributed by atoms with Gasteiger partial charge in [-0.2, -0.15) is 0 Å². The summed E-state index contributed by atoms with van der Waals surface area (Å²) < 4.78 is 0. The molecule has 1 saturated carbocycles. The highest BCUT2D eigenvalue weighted by atomic mass is 31.0. The highest BCUT2D eigenvalue weighted by molar-refractivity contribution is 7.16. The average molecular weight is 130 g/mol. The van der Waals surface area contributed by atoms with Crippen LogP contribution >= 0.6 is 9.24 Å². The van der Waals surface area contributed by atoms with E-state index in [1.807, 2.05) is 0 Å². The smallest absolute Gasteiger partial charge is 0.0353 e. The first-order valence-corrected chi connectivity index (χ1v) is 4.34. The summed E-state index contributed by atoms with van der Waals surface area (Å²) in [6, 6.07) is 0. The first kappa shape index (κ1) is 6.55. The van der Waals surface area contributed by atoms with E-state index in [4.69, 9.17) is 0 Å². The van der Waals surface area contributed by atoms with Crippen molar-refractivity contribution in [2.45, 2.75) is 26.2 Å². The van der Waals surface area contributed by atoms with Gasteiger partial charge < -0.3 is 0 Å². The van der Waals surface area contributed by atoms with Crippen molar-refractivity contribution in [3.8, 4) is 0 Å². The van der Waals surface area contributed by atoms with Crippen molar-refractivity contribution in [1.29, 1.82) is 0 Å². The van der Waals surface area contributed by atoms with Crippen molar-refractivity contribution in [1.82, 2.24) is 0 Å². The molecular weight excluding hydrogens is 115 g/mol. The molecule has 1 heteroatoms. The lowest BCUT2D eigenvalue weighted by Crippen LogP contribution is -1.93. The van der Waals surface area contributed by atoms with Gasteiger partial charge in [-0.1, -0.05) is 13.3 Å². The van der Waals surface area contributed by atoms with Gasteiger partial charge in [0.25, 0.3) is 0 Å². The van der Waals surface area contributed by atoms with Crippen molar-refractivity contribution in [2.75, 3.05) is 6.16 Å². The molecule has 1 rings (SSSR count). The fourth-order valence-corrected chi connectivity index (χ4v) is 1.97. The molecule has 3 unspecified atom stereocenters. The van der Waals surface area contributed by atoms with Crippen molar-refractivity contribution < 1.29 is 0 Å². The number of hydrogen-bond donors (Lipinski definition) is 0. The normalized spacial score (nSPS) is 38.2. The van der Waals surface area contributed by atoms with E-state index >= 15 is 0 Å². The van der Waals surface area contributed by atoms with Gasteiger partial charge in [-0.15, -0.1) is 9.24 Å². The maximum Gasteiger partial charge on any atom is -0.0353 e. The fraction of sp³-hybridized carbons (Fsp3) is 1.00. The summed E-state index contributed by atoms with van der Waals surface area (Å²) in [6.07, 6.45) is 5.75. The van der Waals surface area contributed by atoms with E-state index < -0.39 is 0 Å². The minimum Gasteiger partial charge on any atom is -0.137 e. The molecule has 1 aliphatic carbocycles. The lowest BCUT2D eigenvalue weighted by atomic mass is 10.1. The van der Waals surface area contributed by atoms with E-state index in [1.165, 1.54) is 25.4 Å². The van der Waals surface area contributed by atoms with Crippen LogP contribution in [0.1, 0.15) is 26.2 Å². The van der Waals surface area contributed by atoms with Crippen molar-refractivity contribution in [3.05, 3.63) is 0 Å². The predicted molar refractivity (Wildman–Crippen MR) is 41.1 cm³/mol. The summed E-state index contributed by atoms with van der Waals surface area (Å²) in [7, 11) is 2.84. The van der Waals surface area contributed by atoms with Crippen LogP contribution in [-0.2, 0) is 0 Å². The summed E-state index contributed by atoms with van der Waals surface area (Å²) >= 11 is 0. The van der Waals surface area contributed by atoms with Crippen LogP contribution in [0.25, 0.3) is 0 Å². The fourth-order valence-electron chi connectivity index (χ4n) is 1.54. The Morgan fingerprint density at radius 3 is 2.50 bits per heavy atom. The molecule has 0 radical (unpaired) electrons.